The summed E-state index contributed by atoms with van der Waals surface area (Å²) in [5.41, 5.74) is 1.94. The zero-order chi connectivity index (χ0) is 13.8. The Bertz CT molecular complexity index is 747. The molecule has 0 N–H and O–H groups in total. The van der Waals surface area contributed by atoms with Crippen molar-refractivity contribution < 1.29 is 4.74 Å². The molecule has 3 rings (SSSR count). The number of nitrogens with zero attached hydrogens (tertiary/aromatic N) is 1. The van der Waals surface area contributed by atoms with Gasteiger partial charge in [-0.3, -0.25) is 0 Å². The summed E-state index contributed by atoms with van der Waals surface area (Å²) in [6, 6.07) is 23.9. The third kappa shape index (κ3) is 2.86. The van der Waals surface area contributed by atoms with Crippen molar-refractivity contribution in [2.75, 3.05) is 0 Å². The lowest BCUT2D eigenvalue weighted by atomic mass is 10.1. The molecule has 0 bridgehead atoms. The van der Waals surface area contributed by atoms with Crippen LogP contribution in [0.15, 0.2) is 72.8 Å². The van der Waals surface area contributed by atoms with E-state index in [0.29, 0.717) is 6.54 Å². The first-order chi connectivity index (χ1) is 9.81. The van der Waals surface area contributed by atoms with Gasteiger partial charge in [-0.05, 0) is 22.9 Å². The van der Waals surface area contributed by atoms with Crippen molar-refractivity contribution in [1.29, 1.82) is 0 Å². The molecule has 0 radical (unpaired) electrons. The Morgan fingerprint density at radius 1 is 0.800 bits per heavy atom. The maximum atomic E-state index is 12.0. The van der Waals surface area contributed by atoms with Gasteiger partial charge in [0.2, 0.25) is 0 Å². The normalized spacial score (nSPS) is 11.7. The summed E-state index contributed by atoms with van der Waals surface area (Å²) >= 11 is 0. The molecule has 0 spiro atoms. The highest BCUT2D eigenvalue weighted by Gasteiger charge is 2.00. The van der Waals surface area contributed by atoms with Crippen LogP contribution in [0.2, 0.25) is 0 Å². The molecule has 0 saturated heterocycles. The van der Waals surface area contributed by atoms with E-state index in [4.69, 9.17) is 0 Å². The molecular weight excluding hydrogens is 246 g/mol. The van der Waals surface area contributed by atoms with E-state index in [9.17, 15) is 5.21 Å². The Labute approximate surface area is 118 Å². The molecule has 0 aliphatic carbocycles. The fourth-order valence-corrected chi connectivity index (χ4v) is 2.26. The second-order valence-electron chi connectivity index (χ2n) is 4.80. The Balaban J connectivity index is 1.85. The predicted octanol–water partition coefficient (Wildman–Crippen LogP) is 3.97. The molecule has 0 fully saturated rings. The van der Waals surface area contributed by atoms with E-state index in [1.807, 2.05) is 60.7 Å². The van der Waals surface area contributed by atoms with Crippen LogP contribution in [0, 0.1) is 5.21 Å². The van der Waals surface area contributed by atoms with E-state index in [-0.39, 0.29) is 0 Å². The average Bonchev–Trinajstić information content (AvgIpc) is 2.48. The number of hydrogen-bond acceptors (Lipinski definition) is 1. The summed E-state index contributed by atoms with van der Waals surface area (Å²) in [6.45, 7) is 0.369. The lowest BCUT2D eigenvalue weighted by Gasteiger charge is -2.04. The minimum Gasteiger partial charge on any atom is -0.624 e. The van der Waals surface area contributed by atoms with Gasteiger partial charge in [0, 0.05) is 11.1 Å². The van der Waals surface area contributed by atoms with Crippen LogP contribution in [0.3, 0.4) is 0 Å². The predicted molar refractivity (Wildman–Crippen MR) is 82.9 cm³/mol. The highest BCUT2D eigenvalue weighted by molar-refractivity contribution is 5.89. The molecule has 0 aliphatic heterocycles. The van der Waals surface area contributed by atoms with Crippen LogP contribution in [0.5, 0.6) is 0 Å². The fraction of sp³-hybridized carbons (Fsp3) is 0.0556. The Kier molecular flexibility index (Phi) is 3.46. The van der Waals surface area contributed by atoms with E-state index in [1.165, 1.54) is 5.39 Å². The van der Waals surface area contributed by atoms with Gasteiger partial charge in [-0.1, -0.05) is 60.7 Å². The Hall–Kier alpha value is -2.61. The molecule has 0 atom stereocenters. The van der Waals surface area contributed by atoms with E-state index in [1.54, 1.807) is 6.21 Å². The van der Waals surface area contributed by atoms with Gasteiger partial charge in [0.15, 0.2) is 12.8 Å². The van der Waals surface area contributed by atoms with Crippen molar-refractivity contribution in [2.45, 2.75) is 6.54 Å². The zero-order valence-corrected chi connectivity index (χ0v) is 11.1. The minimum absolute atomic E-state index is 0.369. The first kappa shape index (κ1) is 12.4. The Morgan fingerprint density at radius 2 is 1.50 bits per heavy atom. The zero-order valence-electron chi connectivity index (χ0n) is 11.1. The highest BCUT2D eigenvalue weighted by atomic mass is 16.5. The van der Waals surface area contributed by atoms with Crippen LogP contribution in [0.4, 0.5) is 0 Å². The van der Waals surface area contributed by atoms with Gasteiger partial charge in [-0.2, -0.15) is 0 Å². The topological polar surface area (TPSA) is 26.1 Å². The molecule has 98 valence electrons. The molecule has 2 nitrogen and oxygen atoms in total. The quantitative estimate of drug-likeness (QED) is 0.303. The Morgan fingerprint density at radius 3 is 2.30 bits per heavy atom. The van der Waals surface area contributed by atoms with Gasteiger partial charge in [-0.25, -0.2) is 4.74 Å². The van der Waals surface area contributed by atoms with Crippen molar-refractivity contribution >= 4 is 17.0 Å². The van der Waals surface area contributed by atoms with Crippen molar-refractivity contribution in [2.24, 2.45) is 0 Å². The number of benzene rings is 3. The number of rotatable bonds is 3. The molecule has 0 heterocycles. The van der Waals surface area contributed by atoms with E-state index < -0.39 is 0 Å². The second-order valence-corrected chi connectivity index (χ2v) is 4.80. The van der Waals surface area contributed by atoms with Crippen molar-refractivity contribution in [3.63, 3.8) is 0 Å². The maximum absolute atomic E-state index is 12.0. The molecule has 0 aromatic heterocycles. The van der Waals surface area contributed by atoms with Crippen molar-refractivity contribution in [3.8, 4) is 0 Å². The molecule has 0 aliphatic rings. The minimum atomic E-state index is 0.369. The van der Waals surface area contributed by atoms with E-state index in [0.717, 1.165) is 21.3 Å². The molecule has 0 unspecified atom stereocenters. The summed E-state index contributed by atoms with van der Waals surface area (Å²) in [7, 11) is 0. The largest absolute Gasteiger partial charge is 0.624 e. The highest BCUT2D eigenvalue weighted by Crippen LogP contribution is 2.14. The maximum Gasteiger partial charge on any atom is 0.182 e. The summed E-state index contributed by atoms with van der Waals surface area (Å²) < 4.78 is 0.972. The first-order valence-corrected chi connectivity index (χ1v) is 6.63. The summed E-state index contributed by atoms with van der Waals surface area (Å²) in [5.74, 6) is 0. The van der Waals surface area contributed by atoms with Crippen LogP contribution in [-0.2, 0) is 6.54 Å². The second kappa shape index (κ2) is 5.57. The molecule has 20 heavy (non-hydrogen) atoms. The molecule has 2 heteroatoms. The van der Waals surface area contributed by atoms with Gasteiger partial charge >= 0.3 is 0 Å². The summed E-state index contributed by atoms with van der Waals surface area (Å²) in [6.07, 6.45) is 1.64. The monoisotopic (exact) mass is 261 g/mol. The molecule has 3 aromatic carbocycles. The average molecular weight is 261 g/mol. The van der Waals surface area contributed by atoms with Crippen molar-refractivity contribution in [3.05, 3.63) is 89.1 Å². The first-order valence-electron chi connectivity index (χ1n) is 6.63. The van der Waals surface area contributed by atoms with Crippen LogP contribution in [-0.4, -0.2) is 11.0 Å². The summed E-state index contributed by atoms with van der Waals surface area (Å²) in [5, 5.41) is 14.3. The van der Waals surface area contributed by atoms with Gasteiger partial charge in [0.25, 0.3) is 0 Å². The molecule has 3 aromatic rings. The number of fused-ring (bicyclic) bond motifs is 1. The van der Waals surface area contributed by atoms with Gasteiger partial charge in [0.1, 0.15) is 0 Å². The molecule has 0 saturated carbocycles. The third-order valence-corrected chi connectivity index (χ3v) is 3.25. The smallest absolute Gasteiger partial charge is 0.182 e. The lowest BCUT2D eigenvalue weighted by molar-refractivity contribution is -0.469. The van der Waals surface area contributed by atoms with Crippen LogP contribution in [0.1, 0.15) is 11.1 Å². The van der Waals surface area contributed by atoms with Gasteiger partial charge < -0.3 is 5.21 Å². The standard InChI is InChI=1S/C18H15NO/c20-19(13-15-6-2-1-3-7-15)14-16-10-11-17-8-4-5-9-18(17)12-16/h1-12,14H,13H2. The fourth-order valence-electron chi connectivity index (χ4n) is 2.26. The van der Waals surface area contributed by atoms with E-state index >= 15 is 0 Å². The third-order valence-electron chi connectivity index (χ3n) is 3.25. The number of hydroxylamine groups is 1. The van der Waals surface area contributed by atoms with Crippen LogP contribution < -0.4 is 0 Å². The van der Waals surface area contributed by atoms with Gasteiger partial charge in [0.05, 0.1) is 0 Å². The van der Waals surface area contributed by atoms with E-state index in [2.05, 4.69) is 12.1 Å². The SMILES string of the molecule is [O-][N+](=Cc1ccc2ccccc2c1)Cc1ccccc1. The lowest BCUT2D eigenvalue weighted by Crippen LogP contribution is -2.05. The van der Waals surface area contributed by atoms with Crippen LogP contribution >= 0.6 is 0 Å². The number of hydrogen-bond donors (Lipinski definition) is 0. The van der Waals surface area contributed by atoms with Gasteiger partial charge in [-0.15, -0.1) is 0 Å². The molecular formula is C18H15NO. The molecule has 0 amide bonds. The van der Waals surface area contributed by atoms with Crippen LogP contribution in [0.25, 0.3) is 10.8 Å². The summed E-state index contributed by atoms with van der Waals surface area (Å²) in [4.78, 5) is 0. The van der Waals surface area contributed by atoms with Crippen molar-refractivity contribution in [1.82, 2.24) is 0 Å².